The summed E-state index contributed by atoms with van der Waals surface area (Å²) >= 11 is 0. The van der Waals surface area contributed by atoms with Crippen LogP contribution in [-0.4, -0.2) is 6.71 Å². The molecule has 1 aliphatic rings. The van der Waals surface area contributed by atoms with E-state index < -0.39 is 0 Å². The van der Waals surface area contributed by atoms with Gasteiger partial charge in [0.2, 0.25) is 6.71 Å². The van der Waals surface area contributed by atoms with E-state index in [2.05, 4.69) is 117 Å². The zero-order valence-electron chi connectivity index (χ0n) is 22.2. The van der Waals surface area contributed by atoms with Crippen molar-refractivity contribution in [1.82, 2.24) is 0 Å². The Balaban J connectivity index is 2.09. The van der Waals surface area contributed by atoms with E-state index in [4.69, 9.17) is 0 Å². The zero-order valence-corrected chi connectivity index (χ0v) is 22.2. The summed E-state index contributed by atoms with van der Waals surface area (Å²) in [5.74, 6) is 1.51. The highest BCUT2D eigenvalue weighted by molar-refractivity contribution is 6.97. The Kier molecular flexibility index (Phi) is 6.38. The number of hydrogen-bond acceptors (Lipinski definition) is 0. The average Bonchev–Trinajstić information content (AvgIpc) is 2.75. The van der Waals surface area contributed by atoms with Crippen molar-refractivity contribution in [2.24, 2.45) is 0 Å². The van der Waals surface area contributed by atoms with Crippen LogP contribution in [0.5, 0.6) is 0 Å². The van der Waals surface area contributed by atoms with Gasteiger partial charge in [-0.05, 0) is 63.0 Å². The quantitative estimate of drug-likeness (QED) is 0.310. The fraction of sp³-hybridized carbons (Fsp3) is 0.438. The molecule has 0 spiro atoms. The minimum atomic E-state index is 0.139. The standard InChI is InChI=1S/C32H41B/c1-20(2)25-17-27(21(3)4)31(28(18-25)22(5)6)33-29-13-11-10-12-23(29)16-24-14-15-26(19-30(24)33)32(7,8)9/h10-15,17-22H,16H2,1-9H3. The summed E-state index contributed by atoms with van der Waals surface area (Å²) in [7, 11) is 0. The Morgan fingerprint density at radius 1 is 0.667 bits per heavy atom. The molecule has 0 bridgehead atoms. The normalized spacial score (nSPS) is 13.6. The monoisotopic (exact) mass is 436 g/mol. The van der Waals surface area contributed by atoms with Gasteiger partial charge >= 0.3 is 0 Å². The molecule has 33 heavy (non-hydrogen) atoms. The lowest BCUT2D eigenvalue weighted by atomic mass is 9.31. The number of hydrogen-bond donors (Lipinski definition) is 0. The first-order valence-electron chi connectivity index (χ1n) is 12.9. The molecule has 0 atom stereocenters. The molecule has 1 aliphatic heterocycles. The van der Waals surface area contributed by atoms with Gasteiger partial charge < -0.3 is 0 Å². The van der Waals surface area contributed by atoms with Crippen LogP contribution in [0, 0.1) is 0 Å². The minimum Gasteiger partial charge on any atom is -0.0667 e. The molecule has 0 aliphatic carbocycles. The fourth-order valence-corrected chi connectivity index (χ4v) is 5.50. The minimum absolute atomic E-state index is 0.139. The Labute approximate surface area is 202 Å². The van der Waals surface area contributed by atoms with Crippen LogP contribution in [-0.2, 0) is 11.8 Å². The highest BCUT2D eigenvalue weighted by atomic mass is 14.2. The molecule has 0 aromatic heterocycles. The van der Waals surface area contributed by atoms with E-state index in [0.717, 1.165) is 6.42 Å². The van der Waals surface area contributed by atoms with Crippen molar-refractivity contribution >= 4 is 23.1 Å². The maximum atomic E-state index is 2.53. The third-order valence-corrected chi connectivity index (χ3v) is 7.54. The van der Waals surface area contributed by atoms with E-state index in [1.54, 1.807) is 5.46 Å². The van der Waals surface area contributed by atoms with E-state index >= 15 is 0 Å². The van der Waals surface area contributed by atoms with Gasteiger partial charge in [-0.3, -0.25) is 0 Å². The molecule has 0 unspecified atom stereocenters. The van der Waals surface area contributed by atoms with E-state index in [9.17, 15) is 0 Å². The van der Waals surface area contributed by atoms with Crippen molar-refractivity contribution in [3.63, 3.8) is 0 Å². The van der Waals surface area contributed by atoms with Crippen LogP contribution in [0.2, 0.25) is 0 Å². The second-order valence-corrected chi connectivity index (χ2v) is 12.0. The molecular formula is C32H41B. The number of rotatable bonds is 4. The van der Waals surface area contributed by atoms with Crippen molar-refractivity contribution in [3.05, 3.63) is 88.0 Å². The van der Waals surface area contributed by atoms with Crippen LogP contribution < -0.4 is 16.4 Å². The van der Waals surface area contributed by atoms with Crippen molar-refractivity contribution in [1.29, 1.82) is 0 Å². The van der Waals surface area contributed by atoms with Crippen LogP contribution in [0.15, 0.2) is 54.6 Å². The van der Waals surface area contributed by atoms with Gasteiger partial charge in [-0.2, -0.15) is 0 Å². The summed E-state index contributed by atoms with van der Waals surface area (Å²) in [6.07, 6.45) is 1.03. The van der Waals surface area contributed by atoms with E-state index in [1.165, 1.54) is 44.3 Å². The number of benzene rings is 3. The van der Waals surface area contributed by atoms with Gasteiger partial charge in [0, 0.05) is 0 Å². The van der Waals surface area contributed by atoms with Gasteiger partial charge in [0.1, 0.15) is 0 Å². The third-order valence-electron chi connectivity index (χ3n) is 7.54. The molecule has 0 amide bonds. The zero-order chi connectivity index (χ0) is 24.1. The smallest absolute Gasteiger partial charge is 0.0667 e. The Bertz CT molecular complexity index is 1130. The van der Waals surface area contributed by atoms with Crippen LogP contribution in [0.25, 0.3) is 0 Å². The first-order chi connectivity index (χ1) is 15.5. The molecule has 0 saturated heterocycles. The van der Waals surface area contributed by atoms with Crippen LogP contribution in [0.3, 0.4) is 0 Å². The summed E-state index contributed by atoms with van der Waals surface area (Å²) in [6.45, 7) is 21.4. The largest absolute Gasteiger partial charge is 0.242 e. The van der Waals surface area contributed by atoms with Gasteiger partial charge in [-0.1, -0.05) is 133 Å². The lowest BCUT2D eigenvalue weighted by Gasteiger charge is -2.33. The molecular weight excluding hydrogens is 395 g/mol. The maximum absolute atomic E-state index is 2.53. The predicted molar refractivity (Wildman–Crippen MR) is 148 cm³/mol. The second-order valence-electron chi connectivity index (χ2n) is 12.0. The van der Waals surface area contributed by atoms with E-state index in [1.807, 2.05) is 0 Å². The van der Waals surface area contributed by atoms with Crippen molar-refractivity contribution in [3.8, 4) is 0 Å². The Hall–Kier alpha value is -2.28. The van der Waals surface area contributed by atoms with Crippen molar-refractivity contribution in [2.75, 3.05) is 0 Å². The molecule has 1 heterocycles. The second kappa shape index (κ2) is 8.82. The van der Waals surface area contributed by atoms with Crippen LogP contribution >= 0.6 is 0 Å². The molecule has 0 N–H and O–H groups in total. The number of fused-ring (bicyclic) bond motifs is 2. The summed E-state index contributed by atoms with van der Waals surface area (Å²) < 4.78 is 0. The summed E-state index contributed by atoms with van der Waals surface area (Å²) in [5.41, 5.74) is 13.6. The fourth-order valence-electron chi connectivity index (χ4n) is 5.50. The molecule has 1 heteroatoms. The molecule has 0 nitrogen and oxygen atoms in total. The molecule has 4 rings (SSSR count). The van der Waals surface area contributed by atoms with Gasteiger partial charge in [-0.25, -0.2) is 0 Å². The summed E-state index contributed by atoms with van der Waals surface area (Å²) in [5, 5.41) is 0. The van der Waals surface area contributed by atoms with Crippen molar-refractivity contribution in [2.45, 2.75) is 91.9 Å². The topological polar surface area (TPSA) is 0 Å². The molecule has 0 fully saturated rings. The lowest BCUT2D eigenvalue weighted by molar-refractivity contribution is 0.590. The molecule has 3 aromatic rings. The van der Waals surface area contributed by atoms with Gasteiger partial charge in [0.15, 0.2) is 0 Å². The highest BCUT2D eigenvalue weighted by Gasteiger charge is 2.35. The van der Waals surface area contributed by atoms with Crippen LogP contribution in [0.4, 0.5) is 0 Å². The Morgan fingerprint density at radius 3 is 1.79 bits per heavy atom. The maximum Gasteiger partial charge on any atom is 0.242 e. The molecule has 0 radical (unpaired) electrons. The Morgan fingerprint density at radius 2 is 1.24 bits per heavy atom. The van der Waals surface area contributed by atoms with Crippen molar-refractivity contribution < 1.29 is 0 Å². The van der Waals surface area contributed by atoms with E-state index in [0.29, 0.717) is 24.5 Å². The SMILES string of the molecule is CC(C)c1cc(C(C)C)c(B2c3ccccc3Cc3ccc(C(C)(C)C)cc32)c(C(C)C)c1. The van der Waals surface area contributed by atoms with Gasteiger partial charge in [0.25, 0.3) is 0 Å². The molecule has 0 saturated carbocycles. The predicted octanol–water partition coefficient (Wildman–Crippen LogP) is 6.77. The molecule has 172 valence electrons. The lowest BCUT2D eigenvalue weighted by Crippen LogP contribution is -2.59. The van der Waals surface area contributed by atoms with E-state index in [-0.39, 0.29) is 5.41 Å². The summed E-state index contributed by atoms with van der Waals surface area (Å²) in [6, 6.07) is 21.5. The molecule has 3 aromatic carbocycles. The third kappa shape index (κ3) is 4.44. The van der Waals surface area contributed by atoms with Gasteiger partial charge in [0.05, 0.1) is 0 Å². The van der Waals surface area contributed by atoms with Crippen LogP contribution in [0.1, 0.15) is 113 Å². The first kappa shape index (κ1) is 23.9. The summed E-state index contributed by atoms with van der Waals surface area (Å²) in [4.78, 5) is 0. The van der Waals surface area contributed by atoms with Gasteiger partial charge in [-0.15, -0.1) is 0 Å². The average molecular weight is 436 g/mol. The highest BCUT2D eigenvalue weighted by Crippen LogP contribution is 2.29. The first-order valence-corrected chi connectivity index (χ1v) is 12.9.